The molecule has 0 bridgehead atoms. The van der Waals surface area contributed by atoms with Gasteiger partial charge in [0.25, 0.3) is 5.69 Å². The number of nitro groups is 1. The van der Waals surface area contributed by atoms with E-state index in [1.165, 1.54) is 17.0 Å². The Morgan fingerprint density at radius 1 is 1.22 bits per heavy atom. The molecule has 1 aliphatic rings. The lowest BCUT2D eigenvalue weighted by Crippen LogP contribution is -2.27. The molecule has 0 fully saturated rings. The predicted octanol–water partition coefficient (Wildman–Crippen LogP) is 3.06. The number of hydrogen-bond donors (Lipinski definition) is 0. The molecule has 0 unspecified atom stereocenters. The van der Waals surface area contributed by atoms with Crippen molar-refractivity contribution in [3.05, 3.63) is 68.7 Å². The molecule has 0 N–H and O–H groups in total. The zero-order valence-electron chi connectivity index (χ0n) is 12.2. The third kappa shape index (κ3) is 2.68. The molecule has 1 amide bonds. The molecule has 2 aromatic rings. The van der Waals surface area contributed by atoms with Crippen molar-refractivity contribution in [3.8, 4) is 0 Å². The number of non-ortho nitro benzene ring substituents is 1. The summed E-state index contributed by atoms with van der Waals surface area (Å²) in [6.45, 7) is -0.0421. The van der Waals surface area contributed by atoms with Crippen molar-refractivity contribution in [2.24, 2.45) is 4.99 Å². The van der Waals surface area contributed by atoms with Crippen molar-refractivity contribution >= 4 is 34.6 Å². The molecule has 2 aromatic carbocycles. The van der Waals surface area contributed by atoms with Crippen molar-refractivity contribution in [2.75, 3.05) is 18.5 Å². The van der Waals surface area contributed by atoms with Gasteiger partial charge in [-0.2, -0.15) is 0 Å². The van der Waals surface area contributed by atoms with E-state index in [9.17, 15) is 14.9 Å². The van der Waals surface area contributed by atoms with Gasteiger partial charge in [-0.15, -0.1) is 0 Å². The van der Waals surface area contributed by atoms with Gasteiger partial charge in [0, 0.05) is 35.3 Å². The summed E-state index contributed by atoms with van der Waals surface area (Å²) in [5, 5.41) is 11.6. The average Bonchev–Trinajstić information content (AvgIpc) is 2.66. The highest BCUT2D eigenvalue weighted by Gasteiger charge is 2.25. The number of hydrogen-bond acceptors (Lipinski definition) is 4. The van der Waals surface area contributed by atoms with Crippen LogP contribution in [0.3, 0.4) is 0 Å². The molecule has 3 rings (SSSR count). The monoisotopic (exact) mass is 329 g/mol. The molecule has 0 spiro atoms. The maximum atomic E-state index is 12.1. The standard InChI is InChI=1S/C16H12ClN3O3/c1-19-14-7-6-10(20(22)23)8-12(14)16(18-9-15(19)21)11-4-2-3-5-13(11)17/h2-8H,9H2,1H3. The first kappa shape index (κ1) is 15.2. The summed E-state index contributed by atoms with van der Waals surface area (Å²) in [5.41, 5.74) is 2.13. The number of carbonyl (C=O) groups is 1. The van der Waals surface area contributed by atoms with E-state index < -0.39 is 4.92 Å². The number of rotatable bonds is 2. The molecule has 0 saturated heterocycles. The van der Waals surface area contributed by atoms with E-state index in [2.05, 4.69) is 4.99 Å². The molecule has 0 aliphatic carbocycles. The Balaban J connectivity index is 2.27. The number of benzodiazepines with no additional fused rings is 1. The summed E-state index contributed by atoms with van der Waals surface area (Å²) in [6.07, 6.45) is 0. The fourth-order valence-electron chi connectivity index (χ4n) is 2.48. The topological polar surface area (TPSA) is 75.8 Å². The Kier molecular flexibility index (Phi) is 3.83. The van der Waals surface area contributed by atoms with Crippen LogP contribution in [0.4, 0.5) is 11.4 Å². The molecular weight excluding hydrogens is 318 g/mol. The van der Waals surface area contributed by atoms with Gasteiger partial charge < -0.3 is 4.90 Å². The quantitative estimate of drug-likeness (QED) is 0.627. The summed E-state index contributed by atoms with van der Waals surface area (Å²) in [4.78, 5) is 28.5. The van der Waals surface area contributed by atoms with E-state index in [1.54, 1.807) is 37.4 Å². The summed E-state index contributed by atoms with van der Waals surface area (Å²) < 4.78 is 0. The van der Waals surface area contributed by atoms with Crippen LogP contribution in [0.2, 0.25) is 5.02 Å². The van der Waals surface area contributed by atoms with Crippen LogP contribution in [0.15, 0.2) is 47.5 Å². The smallest absolute Gasteiger partial charge is 0.270 e. The number of nitro benzene ring substituents is 1. The lowest BCUT2D eigenvalue weighted by molar-refractivity contribution is -0.384. The van der Waals surface area contributed by atoms with Crippen LogP contribution < -0.4 is 4.90 Å². The third-order valence-corrected chi connectivity index (χ3v) is 4.01. The Labute approximate surface area is 137 Å². The number of halogens is 1. The summed E-state index contributed by atoms with van der Waals surface area (Å²) in [5.74, 6) is -0.192. The van der Waals surface area contributed by atoms with Gasteiger partial charge in [-0.1, -0.05) is 29.8 Å². The number of benzene rings is 2. The van der Waals surface area contributed by atoms with Crippen LogP contribution in [0.5, 0.6) is 0 Å². The third-order valence-electron chi connectivity index (χ3n) is 3.68. The van der Waals surface area contributed by atoms with E-state index in [0.29, 0.717) is 27.5 Å². The Bertz CT molecular complexity index is 848. The van der Waals surface area contributed by atoms with Gasteiger partial charge in [-0.05, 0) is 12.1 Å². The van der Waals surface area contributed by atoms with Crippen molar-refractivity contribution in [1.29, 1.82) is 0 Å². The van der Waals surface area contributed by atoms with Gasteiger partial charge >= 0.3 is 0 Å². The van der Waals surface area contributed by atoms with E-state index in [-0.39, 0.29) is 18.1 Å². The van der Waals surface area contributed by atoms with E-state index in [0.717, 1.165) is 0 Å². The second-order valence-corrected chi connectivity index (χ2v) is 5.46. The van der Waals surface area contributed by atoms with E-state index >= 15 is 0 Å². The minimum atomic E-state index is -0.475. The second-order valence-electron chi connectivity index (χ2n) is 5.06. The predicted molar refractivity (Wildman–Crippen MR) is 88.5 cm³/mol. The number of amides is 1. The van der Waals surface area contributed by atoms with Crippen LogP contribution in [0.25, 0.3) is 0 Å². The molecule has 23 heavy (non-hydrogen) atoms. The number of nitrogens with zero attached hydrogens (tertiary/aromatic N) is 3. The second kappa shape index (κ2) is 5.81. The molecule has 0 radical (unpaired) electrons. The number of aliphatic imine (C=N–C) groups is 1. The first-order valence-electron chi connectivity index (χ1n) is 6.84. The van der Waals surface area contributed by atoms with Crippen molar-refractivity contribution in [3.63, 3.8) is 0 Å². The van der Waals surface area contributed by atoms with E-state index in [4.69, 9.17) is 11.6 Å². The number of likely N-dealkylation sites (N-methyl/N-ethyl adjacent to an activating group) is 1. The maximum absolute atomic E-state index is 12.1. The molecule has 6 nitrogen and oxygen atoms in total. The summed E-state index contributed by atoms with van der Waals surface area (Å²) in [6, 6.07) is 11.4. The van der Waals surface area contributed by atoms with Crippen LogP contribution >= 0.6 is 11.6 Å². The highest BCUT2D eigenvalue weighted by Crippen LogP contribution is 2.31. The molecule has 0 aromatic heterocycles. The molecule has 1 heterocycles. The van der Waals surface area contributed by atoms with Crippen molar-refractivity contribution < 1.29 is 9.72 Å². The van der Waals surface area contributed by atoms with Gasteiger partial charge in [0.2, 0.25) is 5.91 Å². The van der Waals surface area contributed by atoms with Gasteiger partial charge in [0.15, 0.2) is 0 Å². The summed E-state index contributed by atoms with van der Waals surface area (Å²) >= 11 is 6.24. The van der Waals surface area contributed by atoms with Crippen molar-refractivity contribution in [1.82, 2.24) is 0 Å². The van der Waals surface area contributed by atoms with Crippen molar-refractivity contribution in [2.45, 2.75) is 0 Å². The van der Waals surface area contributed by atoms with Crippen LogP contribution in [-0.2, 0) is 4.79 Å². The van der Waals surface area contributed by atoms with Crippen LogP contribution in [0, 0.1) is 10.1 Å². The first-order valence-corrected chi connectivity index (χ1v) is 7.21. The number of anilines is 1. The Morgan fingerprint density at radius 3 is 2.65 bits per heavy atom. The molecule has 0 atom stereocenters. The molecular formula is C16H12ClN3O3. The van der Waals surface area contributed by atoms with Gasteiger partial charge in [-0.3, -0.25) is 19.9 Å². The van der Waals surface area contributed by atoms with Crippen LogP contribution in [0.1, 0.15) is 11.1 Å². The molecule has 1 aliphatic heterocycles. The number of carbonyl (C=O) groups excluding carboxylic acids is 1. The molecule has 0 saturated carbocycles. The SMILES string of the molecule is CN1C(=O)CN=C(c2ccccc2Cl)c2cc([N+](=O)[O-])ccc21. The highest BCUT2D eigenvalue weighted by atomic mass is 35.5. The summed E-state index contributed by atoms with van der Waals surface area (Å²) in [7, 11) is 1.62. The van der Waals surface area contributed by atoms with Gasteiger partial charge in [0.05, 0.1) is 16.3 Å². The maximum Gasteiger partial charge on any atom is 0.270 e. The molecule has 116 valence electrons. The van der Waals surface area contributed by atoms with Gasteiger partial charge in [-0.25, -0.2) is 0 Å². The Hall–Kier alpha value is -2.73. The average molecular weight is 330 g/mol. The highest BCUT2D eigenvalue weighted by molar-refractivity contribution is 6.36. The lowest BCUT2D eigenvalue weighted by atomic mass is 9.99. The Morgan fingerprint density at radius 2 is 1.96 bits per heavy atom. The first-order chi connectivity index (χ1) is 11.0. The molecule has 7 heteroatoms. The number of fused-ring (bicyclic) bond motifs is 1. The largest absolute Gasteiger partial charge is 0.313 e. The van der Waals surface area contributed by atoms with Gasteiger partial charge in [0.1, 0.15) is 6.54 Å². The normalized spacial score (nSPS) is 14.1. The van der Waals surface area contributed by atoms with Crippen LogP contribution in [-0.4, -0.2) is 30.1 Å². The lowest BCUT2D eigenvalue weighted by Gasteiger charge is -2.17. The zero-order chi connectivity index (χ0) is 16.6. The minimum absolute atomic E-state index is 0.0421. The minimum Gasteiger partial charge on any atom is -0.313 e. The zero-order valence-corrected chi connectivity index (χ0v) is 12.9. The fraction of sp³-hybridized carbons (Fsp3) is 0.125. The fourth-order valence-corrected chi connectivity index (χ4v) is 2.70. The van der Waals surface area contributed by atoms with E-state index in [1.807, 2.05) is 0 Å².